The van der Waals surface area contributed by atoms with Gasteiger partial charge in [-0.3, -0.25) is 4.57 Å². The molecule has 3 heterocycles. The van der Waals surface area contributed by atoms with Crippen LogP contribution in [0.4, 0.5) is 5.95 Å². The number of hydrogen-bond acceptors (Lipinski definition) is 8. The summed E-state index contributed by atoms with van der Waals surface area (Å²) in [7, 11) is -2.63. The quantitative estimate of drug-likeness (QED) is 0.736. The monoisotopic (exact) mass is 356 g/mol. The van der Waals surface area contributed by atoms with Crippen LogP contribution in [0.5, 0.6) is 5.88 Å². The van der Waals surface area contributed by atoms with E-state index in [-0.39, 0.29) is 30.8 Å². The number of anilines is 1. The first-order valence-electron chi connectivity index (χ1n) is 7.57. The Bertz CT molecular complexity index is 754. The molecular weight excluding hydrogens is 337 g/mol. The van der Waals surface area contributed by atoms with E-state index in [4.69, 9.17) is 24.6 Å². The van der Waals surface area contributed by atoms with Crippen molar-refractivity contribution in [2.24, 2.45) is 5.92 Å². The number of rotatable bonds is 6. The summed E-state index contributed by atoms with van der Waals surface area (Å²) in [6, 6.07) is 0. The van der Waals surface area contributed by atoms with E-state index in [1.807, 2.05) is 13.8 Å². The number of fused-ring (bicyclic) bond motifs is 1. The predicted octanol–water partition coefficient (Wildman–Crippen LogP) is 1.40. The summed E-state index contributed by atoms with van der Waals surface area (Å²) in [5.41, 5.74) is 6.80. The molecule has 4 atom stereocenters. The van der Waals surface area contributed by atoms with Gasteiger partial charge in [0.25, 0.3) is 0 Å². The van der Waals surface area contributed by atoms with Gasteiger partial charge in [-0.1, -0.05) is 6.92 Å². The summed E-state index contributed by atoms with van der Waals surface area (Å²) >= 11 is 0. The minimum atomic E-state index is -2.63. The van der Waals surface area contributed by atoms with Crippen LogP contribution in [-0.2, 0) is 13.8 Å². The predicted molar refractivity (Wildman–Crippen MR) is 84.4 cm³/mol. The Labute approximate surface area is 138 Å². The molecule has 0 radical (unpaired) electrons. The smallest absolute Gasteiger partial charge is 0.476 e. The van der Waals surface area contributed by atoms with E-state index < -0.39 is 8.25 Å². The highest BCUT2D eigenvalue weighted by atomic mass is 31.1. The summed E-state index contributed by atoms with van der Waals surface area (Å²) in [5.74, 6) is 0.566. The second-order valence-electron chi connectivity index (χ2n) is 5.54. The molecular formula is C13H19N5O5P+. The van der Waals surface area contributed by atoms with E-state index in [0.29, 0.717) is 30.1 Å². The van der Waals surface area contributed by atoms with Gasteiger partial charge in [-0.2, -0.15) is 9.97 Å². The standard InChI is InChI=1S/C13H18N5O5P/c1-3-21-11-9-10(16-13(14)17-11)18(6-15-9)12-7(2)4-8(23-12)5-22-24(19)20/h6-8,12H,3-5H2,1-2H3,(H2-,14,16,17,19,20)/p+1/t7-,8-,12+/m0/s1. The van der Waals surface area contributed by atoms with Gasteiger partial charge < -0.3 is 15.2 Å². The Morgan fingerprint density at radius 1 is 1.54 bits per heavy atom. The Morgan fingerprint density at radius 2 is 2.33 bits per heavy atom. The van der Waals surface area contributed by atoms with Crippen LogP contribution in [0.3, 0.4) is 0 Å². The number of hydrogen-bond donors (Lipinski definition) is 2. The maximum atomic E-state index is 10.7. The summed E-state index contributed by atoms with van der Waals surface area (Å²) in [4.78, 5) is 21.4. The summed E-state index contributed by atoms with van der Waals surface area (Å²) < 4.78 is 28.6. The molecule has 3 N–H and O–H groups in total. The van der Waals surface area contributed by atoms with Crippen molar-refractivity contribution in [2.45, 2.75) is 32.6 Å². The molecule has 11 heteroatoms. The lowest BCUT2D eigenvalue weighted by atomic mass is 10.1. The highest BCUT2D eigenvalue weighted by molar-refractivity contribution is 7.32. The number of aromatic nitrogens is 4. The average Bonchev–Trinajstić information content (AvgIpc) is 3.08. The lowest BCUT2D eigenvalue weighted by Gasteiger charge is -2.17. The molecule has 10 nitrogen and oxygen atoms in total. The largest absolute Gasteiger partial charge is 0.694 e. The minimum Gasteiger partial charge on any atom is -0.476 e. The fourth-order valence-electron chi connectivity index (χ4n) is 2.84. The molecule has 0 saturated carbocycles. The van der Waals surface area contributed by atoms with Gasteiger partial charge in [0.05, 0.1) is 19.0 Å². The Hall–Kier alpha value is -1.87. The second kappa shape index (κ2) is 6.94. The molecule has 1 aliphatic heterocycles. The van der Waals surface area contributed by atoms with Crippen LogP contribution in [0.15, 0.2) is 6.33 Å². The van der Waals surface area contributed by atoms with Crippen molar-refractivity contribution in [3.8, 4) is 5.88 Å². The van der Waals surface area contributed by atoms with Gasteiger partial charge in [0, 0.05) is 10.5 Å². The molecule has 2 aromatic rings. The molecule has 0 spiro atoms. The Balaban J connectivity index is 1.88. The topological polar surface area (TPSA) is 135 Å². The molecule has 1 fully saturated rings. The molecule has 1 aliphatic rings. The molecule has 1 unspecified atom stereocenters. The molecule has 0 aliphatic carbocycles. The van der Waals surface area contributed by atoms with Crippen LogP contribution in [0, 0.1) is 5.92 Å². The van der Waals surface area contributed by atoms with Crippen molar-refractivity contribution in [2.75, 3.05) is 18.9 Å². The van der Waals surface area contributed by atoms with Gasteiger partial charge in [0.1, 0.15) is 12.8 Å². The molecule has 2 aromatic heterocycles. The Morgan fingerprint density at radius 3 is 3.04 bits per heavy atom. The van der Waals surface area contributed by atoms with Crippen LogP contribution in [0.1, 0.15) is 26.5 Å². The summed E-state index contributed by atoms with van der Waals surface area (Å²) in [6.07, 6.45) is 1.69. The summed E-state index contributed by atoms with van der Waals surface area (Å²) in [6.45, 7) is 4.36. The van der Waals surface area contributed by atoms with E-state index in [1.54, 1.807) is 10.9 Å². The zero-order chi connectivity index (χ0) is 17.3. The maximum absolute atomic E-state index is 10.7. The SMILES string of the molecule is CCOc1nc(N)nc2c1ncn2[C@@H]1O[C@H](CO[P+](=O)O)C[C@@H]1C. The first-order chi connectivity index (χ1) is 11.5. The van der Waals surface area contributed by atoms with Crippen molar-refractivity contribution in [3.05, 3.63) is 6.33 Å². The lowest BCUT2D eigenvalue weighted by Crippen LogP contribution is -2.16. The van der Waals surface area contributed by atoms with E-state index in [9.17, 15) is 4.57 Å². The minimum absolute atomic E-state index is 0.0560. The average molecular weight is 356 g/mol. The molecule has 0 aromatic carbocycles. The van der Waals surface area contributed by atoms with Gasteiger partial charge in [0.15, 0.2) is 11.2 Å². The van der Waals surface area contributed by atoms with Crippen LogP contribution in [-0.4, -0.2) is 43.7 Å². The van der Waals surface area contributed by atoms with Crippen LogP contribution >= 0.6 is 8.25 Å². The molecule has 0 amide bonds. The van der Waals surface area contributed by atoms with Gasteiger partial charge in [-0.15, -0.1) is 9.42 Å². The van der Waals surface area contributed by atoms with Crippen LogP contribution in [0.2, 0.25) is 0 Å². The van der Waals surface area contributed by atoms with E-state index in [1.165, 1.54) is 0 Å². The van der Waals surface area contributed by atoms with Crippen molar-refractivity contribution < 1.29 is 23.5 Å². The van der Waals surface area contributed by atoms with E-state index in [2.05, 4.69) is 15.0 Å². The van der Waals surface area contributed by atoms with Crippen LogP contribution < -0.4 is 10.5 Å². The number of imidazole rings is 1. The fourth-order valence-corrected chi connectivity index (χ4v) is 3.14. The molecule has 0 bridgehead atoms. The molecule has 3 rings (SSSR count). The van der Waals surface area contributed by atoms with Crippen molar-refractivity contribution in [3.63, 3.8) is 0 Å². The van der Waals surface area contributed by atoms with E-state index in [0.717, 1.165) is 0 Å². The second-order valence-corrected chi connectivity index (χ2v) is 6.27. The number of nitrogens with two attached hydrogens (primary N) is 1. The summed E-state index contributed by atoms with van der Waals surface area (Å²) in [5, 5.41) is 0. The zero-order valence-electron chi connectivity index (χ0n) is 13.3. The lowest BCUT2D eigenvalue weighted by molar-refractivity contribution is -0.0254. The number of nitrogens with zero attached hydrogens (tertiary/aromatic N) is 4. The Kier molecular flexibility index (Phi) is 4.91. The van der Waals surface area contributed by atoms with Gasteiger partial charge in [0.2, 0.25) is 11.8 Å². The van der Waals surface area contributed by atoms with Gasteiger partial charge in [-0.25, -0.2) is 4.98 Å². The zero-order valence-corrected chi connectivity index (χ0v) is 14.2. The van der Waals surface area contributed by atoms with Crippen molar-refractivity contribution in [1.29, 1.82) is 0 Å². The van der Waals surface area contributed by atoms with E-state index >= 15 is 0 Å². The highest BCUT2D eigenvalue weighted by Gasteiger charge is 2.36. The first kappa shape index (κ1) is 17.0. The van der Waals surface area contributed by atoms with Crippen LogP contribution in [0.25, 0.3) is 11.2 Å². The number of ether oxygens (including phenoxy) is 2. The number of nitrogen functional groups attached to an aromatic ring is 1. The molecule has 1 saturated heterocycles. The first-order valence-corrected chi connectivity index (χ1v) is 8.70. The molecule has 130 valence electrons. The third kappa shape index (κ3) is 3.32. The van der Waals surface area contributed by atoms with Crippen molar-refractivity contribution >= 4 is 25.4 Å². The van der Waals surface area contributed by atoms with Crippen molar-refractivity contribution in [1.82, 2.24) is 19.5 Å². The maximum Gasteiger partial charge on any atom is 0.694 e. The third-order valence-electron chi connectivity index (χ3n) is 3.79. The third-order valence-corrected chi connectivity index (χ3v) is 4.16. The van der Waals surface area contributed by atoms with Gasteiger partial charge in [-0.05, 0) is 13.3 Å². The highest BCUT2D eigenvalue weighted by Crippen LogP contribution is 2.37. The molecule has 24 heavy (non-hydrogen) atoms. The fraction of sp³-hybridized carbons (Fsp3) is 0.615. The normalized spacial score (nSPS) is 24.5. The van der Waals surface area contributed by atoms with Gasteiger partial charge >= 0.3 is 8.25 Å².